The summed E-state index contributed by atoms with van der Waals surface area (Å²) in [6.45, 7) is 10.5. The van der Waals surface area contributed by atoms with E-state index in [2.05, 4.69) is 24.1 Å². The molecule has 1 amide bonds. The Labute approximate surface area is 117 Å². The third-order valence-corrected chi connectivity index (χ3v) is 3.40. The molecule has 1 aliphatic rings. The van der Waals surface area contributed by atoms with E-state index in [1.165, 1.54) is 0 Å². The van der Waals surface area contributed by atoms with Crippen LogP contribution < -0.4 is 5.32 Å². The van der Waals surface area contributed by atoms with Crippen molar-refractivity contribution in [2.75, 3.05) is 52.9 Å². The molecule has 1 saturated heterocycles. The molecule has 19 heavy (non-hydrogen) atoms. The molecule has 5 nitrogen and oxygen atoms in total. The number of carbonyl (C=O) groups is 1. The van der Waals surface area contributed by atoms with Crippen LogP contribution >= 0.6 is 0 Å². The van der Waals surface area contributed by atoms with Gasteiger partial charge in [-0.15, -0.1) is 0 Å². The first kappa shape index (κ1) is 16.4. The SMILES string of the molecule is CNCCCC(=O)N1CCN(CCOC(C)C)CC1. The van der Waals surface area contributed by atoms with E-state index < -0.39 is 0 Å². The molecule has 1 heterocycles. The lowest BCUT2D eigenvalue weighted by atomic mass is 10.2. The van der Waals surface area contributed by atoms with Crippen LogP contribution in [0.1, 0.15) is 26.7 Å². The molecule has 1 fully saturated rings. The van der Waals surface area contributed by atoms with Crippen molar-refractivity contribution in [3.63, 3.8) is 0 Å². The van der Waals surface area contributed by atoms with Crippen molar-refractivity contribution in [2.24, 2.45) is 0 Å². The number of carbonyl (C=O) groups excluding carboxylic acids is 1. The first-order valence-corrected chi connectivity index (χ1v) is 7.40. The number of hydrogen-bond acceptors (Lipinski definition) is 4. The van der Waals surface area contributed by atoms with Gasteiger partial charge in [-0.2, -0.15) is 0 Å². The highest BCUT2D eigenvalue weighted by Crippen LogP contribution is 2.05. The highest BCUT2D eigenvalue weighted by Gasteiger charge is 2.20. The van der Waals surface area contributed by atoms with Crippen molar-refractivity contribution in [1.82, 2.24) is 15.1 Å². The summed E-state index contributed by atoms with van der Waals surface area (Å²) in [5, 5.41) is 3.07. The molecule has 0 aromatic carbocycles. The van der Waals surface area contributed by atoms with Gasteiger partial charge in [0, 0.05) is 39.1 Å². The van der Waals surface area contributed by atoms with Gasteiger partial charge in [0.1, 0.15) is 0 Å². The fraction of sp³-hybridized carbons (Fsp3) is 0.929. The van der Waals surface area contributed by atoms with E-state index in [1.807, 2.05) is 11.9 Å². The second-order valence-corrected chi connectivity index (χ2v) is 5.35. The van der Waals surface area contributed by atoms with Crippen LogP contribution in [-0.2, 0) is 9.53 Å². The van der Waals surface area contributed by atoms with Gasteiger partial charge in [0.2, 0.25) is 5.91 Å². The monoisotopic (exact) mass is 271 g/mol. The van der Waals surface area contributed by atoms with Crippen molar-refractivity contribution in [3.05, 3.63) is 0 Å². The Morgan fingerprint density at radius 1 is 1.26 bits per heavy atom. The molecular formula is C14H29N3O2. The van der Waals surface area contributed by atoms with Gasteiger partial charge in [-0.05, 0) is 33.9 Å². The summed E-state index contributed by atoms with van der Waals surface area (Å²) in [7, 11) is 1.92. The number of ether oxygens (including phenoxy) is 1. The maximum absolute atomic E-state index is 11.9. The lowest BCUT2D eigenvalue weighted by Crippen LogP contribution is -2.49. The molecule has 1 N–H and O–H groups in total. The number of nitrogens with zero attached hydrogens (tertiary/aromatic N) is 2. The first-order valence-electron chi connectivity index (χ1n) is 7.40. The first-order chi connectivity index (χ1) is 9.13. The van der Waals surface area contributed by atoms with Crippen LogP contribution in [0.4, 0.5) is 0 Å². The zero-order valence-electron chi connectivity index (χ0n) is 12.7. The van der Waals surface area contributed by atoms with E-state index in [1.54, 1.807) is 0 Å². The topological polar surface area (TPSA) is 44.8 Å². The maximum Gasteiger partial charge on any atom is 0.222 e. The third-order valence-electron chi connectivity index (χ3n) is 3.40. The van der Waals surface area contributed by atoms with E-state index >= 15 is 0 Å². The van der Waals surface area contributed by atoms with Crippen molar-refractivity contribution in [3.8, 4) is 0 Å². The van der Waals surface area contributed by atoms with Crippen LogP contribution in [0.5, 0.6) is 0 Å². The summed E-state index contributed by atoms with van der Waals surface area (Å²) < 4.78 is 5.56. The van der Waals surface area contributed by atoms with E-state index in [-0.39, 0.29) is 0 Å². The lowest BCUT2D eigenvalue weighted by Gasteiger charge is -2.34. The van der Waals surface area contributed by atoms with Gasteiger partial charge in [0.05, 0.1) is 12.7 Å². The molecule has 112 valence electrons. The summed E-state index contributed by atoms with van der Waals surface area (Å²) >= 11 is 0. The molecule has 1 rings (SSSR count). The second-order valence-electron chi connectivity index (χ2n) is 5.35. The Balaban J connectivity index is 2.12. The molecule has 0 saturated carbocycles. The number of nitrogens with one attached hydrogen (secondary N) is 1. The van der Waals surface area contributed by atoms with Gasteiger partial charge in [-0.3, -0.25) is 9.69 Å². The fourth-order valence-corrected chi connectivity index (χ4v) is 2.21. The van der Waals surface area contributed by atoms with Crippen molar-refractivity contribution in [1.29, 1.82) is 0 Å². The van der Waals surface area contributed by atoms with Gasteiger partial charge < -0.3 is 15.0 Å². The van der Waals surface area contributed by atoms with Gasteiger partial charge in [-0.1, -0.05) is 0 Å². The van der Waals surface area contributed by atoms with Gasteiger partial charge in [-0.25, -0.2) is 0 Å². The normalized spacial score (nSPS) is 17.2. The van der Waals surface area contributed by atoms with Gasteiger partial charge >= 0.3 is 0 Å². The molecule has 5 heteroatoms. The zero-order chi connectivity index (χ0) is 14.1. The molecule has 0 aromatic heterocycles. The average molecular weight is 271 g/mol. The Hall–Kier alpha value is -0.650. The quantitative estimate of drug-likeness (QED) is 0.655. The lowest BCUT2D eigenvalue weighted by molar-refractivity contribution is -0.133. The molecule has 0 spiro atoms. The van der Waals surface area contributed by atoms with Crippen molar-refractivity contribution < 1.29 is 9.53 Å². The highest BCUT2D eigenvalue weighted by molar-refractivity contribution is 5.76. The molecule has 0 atom stereocenters. The number of piperazine rings is 1. The van der Waals surface area contributed by atoms with E-state index in [4.69, 9.17) is 4.74 Å². The summed E-state index contributed by atoms with van der Waals surface area (Å²) in [5.74, 6) is 0.299. The van der Waals surface area contributed by atoms with Gasteiger partial charge in [0.15, 0.2) is 0 Å². The van der Waals surface area contributed by atoms with Crippen LogP contribution in [0.2, 0.25) is 0 Å². The van der Waals surface area contributed by atoms with Crippen LogP contribution in [0, 0.1) is 0 Å². The molecule has 0 bridgehead atoms. The zero-order valence-corrected chi connectivity index (χ0v) is 12.7. The largest absolute Gasteiger partial charge is 0.377 e. The van der Waals surface area contributed by atoms with Crippen molar-refractivity contribution >= 4 is 5.91 Å². The van der Waals surface area contributed by atoms with E-state index in [0.29, 0.717) is 18.4 Å². The Bertz CT molecular complexity index is 251. The average Bonchev–Trinajstić information content (AvgIpc) is 2.39. The van der Waals surface area contributed by atoms with E-state index in [9.17, 15) is 4.79 Å². The number of amides is 1. The minimum Gasteiger partial charge on any atom is -0.377 e. The molecule has 1 aliphatic heterocycles. The van der Waals surface area contributed by atoms with Crippen LogP contribution in [0.25, 0.3) is 0 Å². The van der Waals surface area contributed by atoms with Gasteiger partial charge in [0.25, 0.3) is 0 Å². The van der Waals surface area contributed by atoms with Crippen molar-refractivity contribution in [2.45, 2.75) is 32.8 Å². The molecule has 0 aliphatic carbocycles. The Kier molecular flexibility index (Phi) is 8.02. The minimum atomic E-state index is 0.299. The van der Waals surface area contributed by atoms with Crippen LogP contribution in [-0.4, -0.2) is 74.7 Å². The van der Waals surface area contributed by atoms with E-state index in [0.717, 1.165) is 52.3 Å². The maximum atomic E-state index is 11.9. The summed E-state index contributed by atoms with van der Waals surface area (Å²) in [6, 6.07) is 0. The summed E-state index contributed by atoms with van der Waals surface area (Å²) in [5.41, 5.74) is 0. The summed E-state index contributed by atoms with van der Waals surface area (Å²) in [4.78, 5) is 16.3. The Morgan fingerprint density at radius 3 is 2.53 bits per heavy atom. The number of hydrogen-bond donors (Lipinski definition) is 1. The fourth-order valence-electron chi connectivity index (χ4n) is 2.21. The minimum absolute atomic E-state index is 0.299. The molecule has 0 aromatic rings. The highest BCUT2D eigenvalue weighted by atomic mass is 16.5. The predicted molar refractivity (Wildman–Crippen MR) is 77.3 cm³/mol. The molecular weight excluding hydrogens is 242 g/mol. The van der Waals surface area contributed by atoms with Crippen LogP contribution in [0.3, 0.4) is 0 Å². The standard InChI is InChI=1S/C14H29N3O2/c1-13(2)19-12-11-16-7-9-17(10-8-16)14(18)5-4-6-15-3/h13,15H,4-12H2,1-3H3. The Morgan fingerprint density at radius 2 is 1.95 bits per heavy atom. The smallest absolute Gasteiger partial charge is 0.222 e. The second kappa shape index (κ2) is 9.28. The third kappa shape index (κ3) is 6.89. The molecule has 0 unspecified atom stereocenters. The van der Waals surface area contributed by atoms with Crippen LogP contribution in [0.15, 0.2) is 0 Å². The summed E-state index contributed by atoms with van der Waals surface area (Å²) in [6.07, 6.45) is 1.89. The predicted octanol–water partition coefficient (Wildman–Crippen LogP) is 0.555. The molecule has 0 radical (unpaired) electrons. The number of rotatable bonds is 8.